The summed E-state index contributed by atoms with van der Waals surface area (Å²) in [5.41, 5.74) is 3.18. The SMILES string of the molecule is COC(=O)c1cccc(N2CCCC(NC(=O)Nc3sc(-c4ccc(Cl)cc4)nc3C)C2)c1. The highest BCUT2D eigenvalue weighted by Gasteiger charge is 2.23. The standard InChI is InChI=1S/C24H25ClN4O3S/c1-15-21(33-22(26-15)16-8-10-18(25)11-9-16)28-24(31)27-19-6-4-12-29(14-19)20-7-3-5-17(13-20)23(30)32-2/h3,5,7-11,13,19H,4,6,12,14H2,1-2H3,(H2,27,28,31). The van der Waals surface area contributed by atoms with Gasteiger partial charge in [-0.05, 0) is 50.1 Å². The Kier molecular flexibility index (Phi) is 7.15. The number of methoxy groups -OCH3 is 1. The van der Waals surface area contributed by atoms with E-state index in [2.05, 4.69) is 20.5 Å². The van der Waals surface area contributed by atoms with Crippen molar-refractivity contribution >= 4 is 45.6 Å². The zero-order valence-corrected chi connectivity index (χ0v) is 20.0. The number of aromatic nitrogens is 1. The monoisotopic (exact) mass is 484 g/mol. The summed E-state index contributed by atoms with van der Waals surface area (Å²) in [4.78, 5) is 31.3. The Morgan fingerprint density at radius 2 is 2.00 bits per heavy atom. The van der Waals surface area contributed by atoms with Crippen LogP contribution in [0, 0.1) is 6.92 Å². The molecule has 1 aliphatic heterocycles. The Hall–Kier alpha value is -3.10. The van der Waals surface area contributed by atoms with Gasteiger partial charge in [-0.1, -0.05) is 41.1 Å². The van der Waals surface area contributed by atoms with Crippen LogP contribution in [0.1, 0.15) is 28.9 Å². The molecule has 0 radical (unpaired) electrons. The minimum atomic E-state index is -0.360. The van der Waals surface area contributed by atoms with Crippen molar-refractivity contribution in [3.05, 3.63) is 64.8 Å². The summed E-state index contributed by atoms with van der Waals surface area (Å²) >= 11 is 7.40. The molecule has 1 aliphatic rings. The summed E-state index contributed by atoms with van der Waals surface area (Å²) in [6.07, 6.45) is 1.83. The van der Waals surface area contributed by atoms with Gasteiger partial charge in [-0.15, -0.1) is 0 Å². The highest BCUT2D eigenvalue weighted by atomic mass is 35.5. The Bertz CT molecular complexity index is 1150. The van der Waals surface area contributed by atoms with E-state index in [9.17, 15) is 9.59 Å². The molecule has 9 heteroatoms. The van der Waals surface area contributed by atoms with Gasteiger partial charge in [0.1, 0.15) is 10.0 Å². The first-order valence-corrected chi connectivity index (χ1v) is 11.9. The maximum Gasteiger partial charge on any atom is 0.337 e. The maximum absolute atomic E-state index is 12.7. The van der Waals surface area contributed by atoms with Crippen LogP contribution in [0.4, 0.5) is 15.5 Å². The first-order valence-electron chi connectivity index (χ1n) is 10.7. The molecule has 2 N–H and O–H groups in total. The number of hydrogen-bond donors (Lipinski definition) is 2. The van der Waals surface area contributed by atoms with Crippen LogP contribution in [0.5, 0.6) is 0 Å². The van der Waals surface area contributed by atoms with Crippen molar-refractivity contribution in [2.24, 2.45) is 0 Å². The molecule has 2 heterocycles. The lowest BCUT2D eigenvalue weighted by atomic mass is 10.0. The lowest BCUT2D eigenvalue weighted by molar-refractivity contribution is 0.0600. The number of esters is 1. The number of benzene rings is 2. The summed E-state index contributed by atoms with van der Waals surface area (Å²) in [6.45, 7) is 3.40. The van der Waals surface area contributed by atoms with E-state index in [1.807, 2.05) is 49.4 Å². The van der Waals surface area contributed by atoms with E-state index in [0.29, 0.717) is 17.1 Å². The average Bonchev–Trinajstić information content (AvgIpc) is 3.19. The molecule has 1 aromatic heterocycles. The zero-order chi connectivity index (χ0) is 23.4. The van der Waals surface area contributed by atoms with Crippen molar-refractivity contribution in [2.45, 2.75) is 25.8 Å². The first-order chi connectivity index (χ1) is 15.9. The molecule has 0 aliphatic carbocycles. The Balaban J connectivity index is 1.38. The van der Waals surface area contributed by atoms with E-state index in [1.54, 1.807) is 6.07 Å². The van der Waals surface area contributed by atoms with Crippen molar-refractivity contribution < 1.29 is 14.3 Å². The average molecular weight is 485 g/mol. The van der Waals surface area contributed by atoms with E-state index in [4.69, 9.17) is 16.3 Å². The second-order valence-electron chi connectivity index (χ2n) is 7.87. The number of piperidine rings is 1. The van der Waals surface area contributed by atoms with E-state index < -0.39 is 0 Å². The molecule has 0 bridgehead atoms. The predicted molar refractivity (Wildman–Crippen MR) is 132 cm³/mol. The van der Waals surface area contributed by atoms with E-state index in [0.717, 1.165) is 46.3 Å². The van der Waals surface area contributed by atoms with E-state index >= 15 is 0 Å². The van der Waals surface area contributed by atoms with Gasteiger partial charge in [-0.2, -0.15) is 0 Å². The van der Waals surface area contributed by atoms with Crippen LogP contribution in [0.25, 0.3) is 10.6 Å². The number of carbonyl (C=O) groups is 2. The summed E-state index contributed by atoms with van der Waals surface area (Å²) in [5.74, 6) is -0.360. The number of rotatable bonds is 5. The number of carbonyl (C=O) groups excluding carboxylic acids is 2. The third kappa shape index (κ3) is 5.64. The molecule has 172 valence electrons. The number of nitrogens with one attached hydrogen (secondary N) is 2. The van der Waals surface area contributed by atoms with Gasteiger partial charge < -0.3 is 15.0 Å². The van der Waals surface area contributed by atoms with Crippen LogP contribution >= 0.6 is 22.9 Å². The van der Waals surface area contributed by atoms with Crippen LogP contribution in [0.2, 0.25) is 5.02 Å². The second kappa shape index (κ2) is 10.2. The molecule has 2 aromatic carbocycles. The molecule has 1 atom stereocenters. The number of halogens is 1. The number of amides is 2. The Morgan fingerprint density at radius 1 is 1.21 bits per heavy atom. The van der Waals surface area contributed by atoms with Crippen LogP contribution in [0.3, 0.4) is 0 Å². The third-order valence-corrected chi connectivity index (χ3v) is 6.88. The quantitative estimate of drug-likeness (QED) is 0.477. The summed E-state index contributed by atoms with van der Waals surface area (Å²) in [5, 5.41) is 8.24. The molecule has 0 spiro atoms. The van der Waals surface area contributed by atoms with Gasteiger partial charge in [0.2, 0.25) is 0 Å². The van der Waals surface area contributed by atoms with Gasteiger partial charge in [-0.25, -0.2) is 14.6 Å². The van der Waals surface area contributed by atoms with Gasteiger partial charge in [0.15, 0.2) is 0 Å². The van der Waals surface area contributed by atoms with Crippen LogP contribution in [-0.4, -0.2) is 43.2 Å². The fourth-order valence-corrected chi connectivity index (χ4v) is 4.92. The highest BCUT2D eigenvalue weighted by Crippen LogP contribution is 2.32. The van der Waals surface area contributed by atoms with Gasteiger partial charge in [0.05, 0.1) is 18.4 Å². The van der Waals surface area contributed by atoms with Gasteiger partial charge in [-0.3, -0.25) is 5.32 Å². The molecule has 0 saturated carbocycles. The summed E-state index contributed by atoms with van der Waals surface area (Å²) < 4.78 is 4.82. The summed E-state index contributed by atoms with van der Waals surface area (Å²) in [6, 6.07) is 14.6. The van der Waals surface area contributed by atoms with Crippen molar-refractivity contribution in [1.29, 1.82) is 0 Å². The van der Waals surface area contributed by atoms with Crippen molar-refractivity contribution in [2.75, 3.05) is 30.4 Å². The van der Waals surface area contributed by atoms with Crippen LogP contribution in [0.15, 0.2) is 48.5 Å². The number of nitrogens with zero attached hydrogens (tertiary/aromatic N) is 2. The summed E-state index contributed by atoms with van der Waals surface area (Å²) in [7, 11) is 1.37. The lowest BCUT2D eigenvalue weighted by Gasteiger charge is -2.34. The first kappa shape index (κ1) is 23.1. The molecule has 1 fully saturated rings. The molecule has 4 rings (SSSR count). The largest absolute Gasteiger partial charge is 0.465 e. The topological polar surface area (TPSA) is 83.6 Å². The highest BCUT2D eigenvalue weighted by molar-refractivity contribution is 7.19. The van der Waals surface area contributed by atoms with Crippen molar-refractivity contribution in [3.63, 3.8) is 0 Å². The number of anilines is 2. The van der Waals surface area contributed by atoms with Gasteiger partial charge >= 0.3 is 12.0 Å². The second-order valence-corrected chi connectivity index (χ2v) is 9.30. The number of urea groups is 1. The molecule has 33 heavy (non-hydrogen) atoms. The number of aryl methyl sites for hydroxylation is 1. The molecular weight excluding hydrogens is 460 g/mol. The Labute approximate surface area is 201 Å². The normalized spacial score (nSPS) is 15.7. The molecule has 2 amide bonds. The number of thiazole rings is 1. The molecule has 1 saturated heterocycles. The minimum absolute atomic E-state index is 0.00973. The lowest BCUT2D eigenvalue weighted by Crippen LogP contribution is -2.49. The molecular formula is C24H25ClN4O3S. The third-order valence-electron chi connectivity index (χ3n) is 5.50. The smallest absolute Gasteiger partial charge is 0.337 e. The minimum Gasteiger partial charge on any atom is -0.465 e. The molecule has 1 unspecified atom stereocenters. The number of hydrogen-bond acceptors (Lipinski definition) is 6. The molecule has 7 nitrogen and oxygen atoms in total. The van der Waals surface area contributed by atoms with Crippen molar-refractivity contribution in [1.82, 2.24) is 10.3 Å². The van der Waals surface area contributed by atoms with Crippen LogP contribution < -0.4 is 15.5 Å². The fraction of sp³-hybridized carbons (Fsp3) is 0.292. The van der Waals surface area contributed by atoms with Gasteiger partial charge in [0.25, 0.3) is 0 Å². The predicted octanol–water partition coefficient (Wildman–Crippen LogP) is 5.35. The van der Waals surface area contributed by atoms with Crippen LogP contribution in [-0.2, 0) is 4.74 Å². The zero-order valence-electron chi connectivity index (χ0n) is 18.4. The van der Waals surface area contributed by atoms with Gasteiger partial charge in [0, 0.05) is 35.4 Å². The van der Waals surface area contributed by atoms with Crippen molar-refractivity contribution in [3.8, 4) is 10.6 Å². The molecule has 3 aromatic rings. The van der Waals surface area contributed by atoms with E-state index in [-0.39, 0.29) is 18.0 Å². The fourth-order valence-electron chi connectivity index (χ4n) is 3.83. The Morgan fingerprint density at radius 3 is 2.76 bits per heavy atom. The maximum atomic E-state index is 12.7. The van der Waals surface area contributed by atoms with E-state index in [1.165, 1.54) is 18.4 Å². The number of ether oxygens (including phenoxy) is 1.